The summed E-state index contributed by atoms with van der Waals surface area (Å²) >= 11 is 0. The number of nitrogens with zero attached hydrogens (tertiary/aromatic N) is 2. The first-order valence-electron chi connectivity index (χ1n) is 4.60. The van der Waals surface area contributed by atoms with E-state index in [1.165, 1.54) is 0 Å². The van der Waals surface area contributed by atoms with Gasteiger partial charge in [-0.25, -0.2) is 0 Å². The van der Waals surface area contributed by atoms with E-state index in [2.05, 4.69) is 10.5 Å². The predicted molar refractivity (Wildman–Crippen MR) is 47.8 cm³/mol. The SMILES string of the molecule is CCCCCC1=CC(C(F)(F)F)=N[N]1. The van der Waals surface area contributed by atoms with Crippen LogP contribution in [0.1, 0.15) is 32.6 Å². The second-order valence-corrected chi connectivity index (χ2v) is 3.18. The highest BCUT2D eigenvalue weighted by Gasteiger charge is 2.37. The van der Waals surface area contributed by atoms with E-state index in [9.17, 15) is 13.2 Å². The number of allylic oxidation sites excluding steroid dienone is 2. The Bertz CT molecular complexity index is 253. The summed E-state index contributed by atoms with van der Waals surface area (Å²) in [5.74, 6) is 0. The lowest BCUT2D eigenvalue weighted by Gasteiger charge is -2.00. The van der Waals surface area contributed by atoms with Crippen LogP contribution in [0.2, 0.25) is 0 Å². The van der Waals surface area contributed by atoms with Crippen molar-refractivity contribution in [3.05, 3.63) is 11.8 Å². The molecular weight excluding hydrogens is 193 g/mol. The van der Waals surface area contributed by atoms with Crippen LogP contribution in [0.15, 0.2) is 16.9 Å². The predicted octanol–water partition coefficient (Wildman–Crippen LogP) is 2.99. The van der Waals surface area contributed by atoms with Gasteiger partial charge in [-0.05, 0) is 18.9 Å². The van der Waals surface area contributed by atoms with Crippen LogP contribution in [0.3, 0.4) is 0 Å². The molecule has 0 bridgehead atoms. The van der Waals surface area contributed by atoms with Gasteiger partial charge >= 0.3 is 6.18 Å². The average molecular weight is 205 g/mol. The first-order valence-corrected chi connectivity index (χ1v) is 4.60. The van der Waals surface area contributed by atoms with E-state index in [0.29, 0.717) is 12.1 Å². The van der Waals surface area contributed by atoms with Gasteiger partial charge in [0.15, 0.2) is 5.71 Å². The molecule has 1 heterocycles. The molecule has 0 N–H and O–H groups in total. The zero-order chi connectivity index (χ0) is 10.6. The number of hydrogen-bond donors (Lipinski definition) is 0. The molecule has 1 radical (unpaired) electrons. The number of unbranched alkanes of at least 4 members (excludes halogenated alkanes) is 2. The molecule has 0 aromatic heterocycles. The molecule has 0 unspecified atom stereocenters. The molecule has 0 atom stereocenters. The minimum Gasteiger partial charge on any atom is -0.164 e. The van der Waals surface area contributed by atoms with Crippen molar-refractivity contribution in [3.8, 4) is 0 Å². The Balaban J connectivity index is 2.40. The van der Waals surface area contributed by atoms with E-state index in [1.807, 2.05) is 6.92 Å². The largest absolute Gasteiger partial charge is 0.435 e. The maximum Gasteiger partial charge on any atom is 0.435 e. The topological polar surface area (TPSA) is 26.5 Å². The van der Waals surface area contributed by atoms with Crippen LogP contribution < -0.4 is 5.43 Å². The monoisotopic (exact) mass is 205 g/mol. The molecule has 0 aromatic carbocycles. The molecule has 5 heteroatoms. The van der Waals surface area contributed by atoms with Crippen LogP contribution in [0.5, 0.6) is 0 Å². The Labute approximate surface area is 80.9 Å². The molecule has 79 valence electrons. The average Bonchev–Trinajstić information content (AvgIpc) is 2.52. The van der Waals surface area contributed by atoms with Crippen LogP contribution in [0.4, 0.5) is 13.2 Å². The maximum atomic E-state index is 12.1. The van der Waals surface area contributed by atoms with Crippen molar-refractivity contribution in [1.29, 1.82) is 0 Å². The van der Waals surface area contributed by atoms with Gasteiger partial charge in [-0.15, -0.1) is 5.10 Å². The molecule has 1 aliphatic heterocycles. The van der Waals surface area contributed by atoms with Crippen molar-refractivity contribution in [1.82, 2.24) is 5.43 Å². The molecule has 0 amide bonds. The molecule has 0 saturated heterocycles. The van der Waals surface area contributed by atoms with Crippen LogP contribution in [-0.4, -0.2) is 11.9 Å². The van der Waals surface area contributed by atoms with Gasteiger partial charge in [0, 0.05) is 0 Å². The summed E-state index contributed by atoms with van der Waals surface area (Å²) in [6.07, 6.45) is 0.156. The lowest BCUT2D eigenvalue weighted by atomic mass is 10.1. The van der Waals surface area contributed by atoms with Gasteiger partial charge in [0.25, 0.3) is 0 Å². The van der Waals surface area contributed by atoms with E-state index in [0.717, 1.165) is 25.3 Å². The van der Waals surface area contributed by atoms with Crippen molar-refractivity contribution >= 4 is 5.71 Å². The standard InChI is InChI=1S/C9H12F3N2/c1-2-3-4-5-7-6-8(14-13-7)9(10,11)12/h6H,2-5H2,1H3. The molecular formula is C9H12F3N2. The second kappa shape index (κ2) is 4.48. The van der Waals surface area contributed by atoms with Crippen LogP contribution in [0.25, 0.3) is 0 Å². The Hall–Kier alpha value is -1.00. The van der Waals surface area contributed by atoms with E-state index < -0.39 is 11.9 Å². The Morgan fingerprint density at radius 3 is 2.50 bits per heavy atom. The van der Waals surface area contributed by atoms with Gasteiger partial charge in [-0.2, -0.15) is 18.6 Å². The lowest BCUT2D eigenvalue weighted by Crippen LogP contribution is -2.19. The summed E-state index contributed by atoms with van der Waals surface area (Å²) < 4.78 is 36.3. The smallest absolute Gasteiger partial charge is 0.164 e. The first-order chi connectivity index (χ1) is 6.54. The summed E-state index contributed by atoms with van der Waals surface area (Å²) in [5.41, 5.74) is 3.04. The van der Waals surface area contributed by atoms with E-state index in [4.69, 9.17) is 0 Å². The van der Waals surface area contributed by atoms with Crippen LogP contribution >= 0.6 is 0 Å². The summed E-state index contributed by atoms with van der Waals surface area (Å²) in [5, 5.41) is 3.09. The van der Waals surface area contributed by atoms with Gasteiger partial charge in [-0.1, -0.05) is 19.8 Å². The lowest BCUT2D eigenvalue weighted by molar-refractivity contribution is -0.0577. The van der Waals surface area contributed by atoms with E-state index >= 15 is 0 Å². The Morgan fingerprint density at radius 2 is 2.00 bits per heavy atom. The molecule has 0 saturated carbocycles. The summed E-state index contributed by atoms with van der Waals surface area (Å²) in [6, 6.07) is 0. The second-order valence-electron chi connectivity index (χ2n) is 3.18. The maximum absolute atomic E-state index is 12.1. The fourth-order valence-corrected chi connectivity index (χ4v) is 1.15. The normalized spacial score (nSPS) is 16.3. The molecule has 0 aliphatic carbocycles. The summed E-state index contributed by atoms with van der Waals surface area (Å²) in [7, 11) is 0. The van der Waals surface area contributed by atoms with Gasteiger partial charge in [0.1, 0.15) is 0 Å². The fourth-order valence-electron chi connectivity index (χ4n) is 1.15. The van der Waals surface area contributed by atoms with Gasteiger partial charge < -0.3 is 0 Å². The van der Waals surface area contributed by atoms with Crippen molar-refractivity contribution in [2.45, 2.75) is 38.8 Å². The van der Waals surface area contributed by atoms with Crippen molar-refractivity contribution < 1.29 is 13.2 Å². The van der Waals surface area contributed by atoms with Crippen LogP contribution in [-0.2, 0) is 0 Å². The van der Waals surface area contributed by atoms with Gasteiger partial charge in [-0.3, -0.25) is 0 Å². The molecule has 1 aliphatic rings. The number of halogens is 3. The third-order valence-corrected chi connectivity index (χ3v) is 1.92. The molecule has 14 heavy (non-hydrogen) atoms. The van der Waals surface area contributed by atoms with Crippen molar-refractivity contribution in [2.24, 2.45) is 5.10 Å². The third-order valence-electron chi connectivity index (χ3n) is 1.92. The highest BCUT2D eigenvalue weighted by atomic mass is 19.4. The molecule has 0 spiro atoms. The number of rotatable bonds is 4. The number of alkyl halides is 3. The van der Waals surface area contributed by atoms with Gasteiger partial charge in [0.2, 0.25) is 0 Å². The summed E-state index contributed by atoms with van der Waals surface area (Å²) in [4.78, 5) is 0. The highest BCUT2D eigenvalue weighted by Crippen LogP contribution is 2.23. The minimum absolute atomic E-state index is 0.436. The third kappa shape index (κ3) is 3.05. The van der Waals surface area contributed by atoms with E-state index in [-0.39, 0.29) is 0 Å². The summed E-state index contributed by atoms with van der Waals surface area (Å²) in [6.45, 7) is 2.04. The number of hydrogen-bond acceptors (Lipinski definition) is 1. The molecule has 0 aromatic rings. The van der Waals surface area contributed by atoms with Crippen molar-refractivity contribution in [2.75, 3.05) is 0 Å². The van der Waals surface area contributed by atoms with Gasteiger partial charge in [0.05, 0.1) is 5.70 Å². The van der Waals surface area contributed by atoms with Crippen LogP contribution in [0, 0.1) is 0 Å². The fraction of sp³-hybridized carbons (Fsp3) is 0.667. The first kappa shape index (κ1) is 11.1. The molecule has 1 rings (SSSR count). The molecule has 0 fully saturated rings. The van der Waals surface area contributed by atoms with Crippen molar-refractivity contribution in [3.63, 3.8) is 0 Å². The van der Waals surface area contributed by atoms with E-state index in [1.54, 1.807) is 0 Å². The zero-order valence-electron chi connectivity index (χ0n) is 7.93. The quantitative estimate of drug-likeness (QED) is 0.631. The minimum atomic E-state index is -4.37. The Morgan fingerprint density at radius 1 is 1.29 bits per heavy atom. The Kier molecular flexibility index (Phi) is 3.55. The zero-order valence-corrected chi connectivity index (χ0v) is 7.93. The molecule has 2 nitrogen and oxygen atoms in total. The highest BCUT2D eigenvalue weighted by molar-refractivity contribution is 6.01.